The van der Waals surface area contributed by atoms with Crippen LogP contribution in [0.15, 0.2) is 18.2 Å². The van der Waals surface area contributed by atoms with Crippen molar-refractivity contribution >= 4 is 12.7 Å². The summed E-state index contributed by atoms with van der Waals surface area (Å²) >= 11 is 0. The van der Waals surface area contributed by atoms with Gasteiger partial charge in [0.15, 0.2) is 0 Å². The van der Waals surface area contributed by atoms with E-state index in [1.54, 1.807) is 0 Å². The first-order valence-electron chi connectivity index (χ1n) is 3.86. The Morgan fingerprint density at radius 1 is 1.27 bits per heavy atom. The van der Waals surface area contributed by atoms with Gasteiger partial charge in [-0.15, -0.1) is 0 Å². The van der Waals surface area contributed by atoms with Crippen LogP contribution in [0.2, 0.25) is 0 Å². The summed E-state index contributed by atoms with van der Waals surface area (Å²) in [5.74, 6) is 0. The Bertz CT molecular complexity index is 344. The van der Waals surface area contributed by atoms with E-state index in [9.17, 15) is 17.6 Å². The third kappa shape index (κ3) is 2.90. The Hall–Kier alpha value is -1.15. The average molecular weight is 223 g/mol. The van der Waals surface area contributed by atoms with Crippen molar-refractivity contribution in [1.29, 1.82) is 0 Å². The van der Waals surface area contributed by atoms with Gasteiger partial charge in [0.1, 0.15) is 0 Å². The molecule has 0 bridgehead atoms. The first kappa shape index (κ1) is 11.9. The fourth-order valence-corrected chi connectivity index (χ4v) is 0.922. The molecule has 0 fully saturated rings. The van der Waals surface area contributed by atoms with E-state index in [0.717, 1.165) is 18.2 Å². The minimum absolute atomic E-state index is 0.431. The Morgan fingerprint density at radius 3 is 2.33 bits per heavy atom. The lowest BCUT2D eigenvalue weighted by atomic mass is 9.85. The van der Waals surface area contributed by atoms with E-state index < -0.39 is 30.8 Å². The molecule has 0 aliphatic heterocycles. The molecule has 0 aliphatic rings. The Kier molecular flexibility index (Phi) is 3.30. The van der Waals surface area contributed by atoms with Gasteiger partial charge in [0.25, 0.3) is 0 Å². The van der Waals surface area contributed by atoms with Gasteiger partial charge in [0.2, 0.25) is 6.17 Å². The van der Waals surface area contributed by atoms with Crippen LogP contribution in [-0.4, -0.2) is 28.3 Å². The molecule has 1 aromatic heterocycles. The van der Waals surface area contributed by atoms with Gasteiger partial charge in [0, 0.05) is 0 Å². The third-order valence-corrected chi connectivity index (χ3v) is 1.60. The van der Waals surface area contributed by atoms with Crippen LogP contribution in [0.3, 0.4) is 0 Å². The standard InChI is InChI=1S/C7H6BF4NO2/c9-6(7(10,11)12)4-2-1-3-5(13-4)8(14)15/h1-3,6,14-15H. The summed E-state index contributed by atoms with van der Waals surface area (Å²) in [6.07, 6.45) is -8.28. The quantitative estimate of drug-likeness (QED) is 0.561. The van der Waals surface area contributed by atoms with E-state index in [1.165, 1.54) is 0 Å². The Morgan fingerprint density at radius 2 is 1.87 bits per heavy atom. The van der Waals surface area contributed by atoms with Gasteiger partial charge in [-0.05, 0) is 12.1 Å². The molecule has 0 saturated carbocycles. The zero-order chi connectivity index (χ0) is 11.6. The van der Waals surface area contributed by atoms with Crippen LogP contribution in [-0.2, 0) is 0 Å². The topological polar surface area (TPSA) is 53.4 Å². The normalized spacial score (nSPS) is 13.7. The SMILES string of the molecule is OB(O)c1cccc(C(F)C(F)(F)F)n1. The van der Waals surface area contributed by atoms with Crippen LogP contribution in [0, 0.1) is 0 Å². The second-order valence-electron chi connectivity index (χ2n) is 2.77. The van der Waals surface area contributed by atoms with Gasteiger partial charge < -0.3 is 10.0 Å². The number of nitrogens with zero attached hydrogens (tertiary/aromatic N) is 1. The molecule has 1 aromatic rings. The fourth-order valence-electron chi connectivity index (χ4n) is 0.922. The molecule has 82 valence electrons. The molecule has 2 N–H and O–H groups in total. The second kappa shape index (κ2) is 4.15. The maximum atomic E-state index is 12.7. The third-order valence-electron chi connectivity index (χ3n) is 1.60. The number of hydrogen-bond acceptors (Lipinski definition) is 3. The van der Waals surface area contributed by atoms with E-state index in [-0.39, 0.29) is 0 Å². The first-order valence-corrected chi connectivity index (χ1v) is 3.86. The van der Waals surface area contributed by atoms with Crippen molar-refractivity contribution in [3.05, 3.63) is 23.9 Å². The van der Waals surface area contributed by atoms with E-state index in [0.29, 0.717) is 0 Å². The van der Waals surface area contributed by atoms with Crippen molar-refractivity contribution in [3.63, 3.8) is 0 Å². The van der Waals surface area contributed by atoms with Gasteiger partial charge in [0.05, 0.1) is 11.3 Å². The van der Waals surface area contributed by atoms with E-state index in [2.05, 4.69) is 4.98 Å². The fraction of sp³-hybridized carbons (Fsp3) is 0.286. The minimum atomic E-state index is -5.05. The zero-order valence-electron chi connectivity index (χ0n) is 7.24. The number of rotatable bonds is 2. The number of pyridine rings is 1. The van der Waals surface area contributed by atoms with Crippen molar-refractivity contribution < 1.29 is 27.6 Å². The second-order valence-corrected chi connectivity index (χ2v) is 2.77. The molecule has 0 spiro atoms. The molecule has 0 aliphatic carbocycles. The van der Waals surface area contributed by atoms with Crippen LogP contribution in [0.25, 0.3) is 0 Å². The molecule has 1 heterocycles. The molecular weight excluding hydrogens is 217 g/mol. The highest BCUT2D eigenvalue weighted by Crippen LogP contribution is 2.34. The summed E-state index contributed by atoms with van der Waals surface area (Å²) in [7, 11) is -2.02. The molecule has 0 radical (unpaired) electrons. The smallest absolute Gasteiger partial charge is 0.422 e. The molecule has 0 amide bonds. The molecule has 1 unspecified atom stereocenters. The van der Waals surface area contributed by atoms with Gasteiger partial charge >= 0.3 is 13.3 Å². The highest BCUT2D eigenvalue weighted by atomic mass is 19.4. The number of hydrogen-bond donors (Lipinski definition) is 2. The summed E-state index contributed by atoms with van der Waals surface area (Å²) < 4.78 is 48.5. The van der Waals surface area contributed by atoms with Crippen molar-refractivity contribution in [2.45, 2.75) is 12.3 Å². The molecule has 8 heteroatoms. The van der Waals surface area contributed by atoms with Crippen molar-refractivity contribution in [1.82, 2.24) is 4.98 Å². The molecule has 0 saturated heterocycles. The number of alkyl halides is 4. The molecule has 0 aromatic carbocycles. The monoisotopic (exact) mass is 223 g/mol. The van der Waals surface area contributed by atoms with E-state index in [1.807, 2.05) is 0 Å². The van der Waals surface area contributed by atoms with Crippen LogP contribution in [0.1, 0.15) is 11.9 Å². The summed E-state index contributed by atoms with van der Waals surface area (Å²) in [5.41, 5.74) is -1.33. The summed E-state index contributed by atoms with van der Waals surface area (Å²) in [6, 6.07) is 2.97. The van der Waals surface area contributed by atoms with Crippen LogP contribution < -0.4 is 5.59 Å². The Labute approximate surface area is 82.5 Å². The first-order chi connectivity index (χ1) is 6.82. The molecule has 1 rings (SSSR count). The highest BCUT2D eigenvalue weighted by Gasteiger charge is 2.42. The maximum Gasteiger partial charge on any atom is 0.508 e. The lowest BCUT2D eigenvalue weighted by molar-refractivity contribution is -0.183. The van der Waals surface area contributed by atoms with Gasteiger partial charge in [-0.2, -0.15) is 13.2 Å². The molecular formula is C7H6BF4NO2. The lowest BCUT2D eigenvalue weighted by Gasteiger charge is -2.12. The van der Waals surface area contributed by atoms with Gasteiger partial charge in [-0.3, -0.25) is 4.98 Å². The van der Waals surface area contributed by atoms with E-state index in [4.69, 9.17) is 10.0 Å². The molecule has 15 heavy (non-hydrogen) atoms. The maximum absolute atomic E-state index is 12.7. The van der Waals surface area contributed by atoms with Crippen molar-refractivity contribution in [3.8, 4) is 0 Å². The van der Waals surface area contributed by atoms with Crippen molar-refractivity contribution in [2.75, 3.05) is 0 Å². The highest BCUT2D eigenvalue weighted by molar-refractivity contribution is 6.57. The van der Waals surface area contributed by atoms with Crippen molar-refractivity contribution in [2.24, 2.45) is 0 Å². The molecule has 3 nitrogen and oxygen atoms in total. The summed E-state index contributed by atoms with van der Waals surface area (Å²) in [4.78, 5) is 3.14. The van der Waals surface area contributed by atoms with Gasteiger partial charge in [-0.25, -0.2) is 4.39 Å². The number of aromatic nitrogens is 1. The predicted molar refractivity (Wildman–Crippen MR) is 44.0 cm³/mol. The van der Waals surface area contributed by atoms with Crippen LogP contribution in [0.5, 0.6) is 0 Å². The summed E-state index contributed by atoms with van der Waals surface area (Å²) in [5, 5.41) is 17.2. The number of halogens is 4. The van der Waals surface area contributed by atoms with Crippen LogP contribution in [0.4, 0.5) is 17.6 Å². The Balaban J connectivity index is 3.00. The van der Waals surface area contributed by atoms with E-state index >= 15 is 0 Å². The summed E-state index contributed by atoms with van der Waals surface area (Å²) in [6.45, 7) is 0. The zero-order valence-corrected chi connectivity index (χ0v) is 7.24. The van der Waals surface area contributed by atoms with Crippen LogP contribution >= 0.6 is 0 Å². The average Bonchev–Trinajstić information content (AvgIpc) is 2.15. The van der Waals surface area contributed by atoms with Gasteiger partial charge in [-0.1, -0.05) is 6.07 Å². The lowest BCUT2D eigenvalue weighted by Crippen LogP contribution is -2.34. The predicted octanol–water partition coefficient (Wildman–Crippen LogP) is 0.334. The molecule has 1 atom stereocenters. The minimum Gasteiger partial charge on any atom is -0.422 e. The largest absolute Gasteiger partial charge is 0.508 e.